The first-order valence-electron chi connectivity index (χ1n) is 5.03. The lowest BCUT2D eigenvalue weighted by Crippen LogP contribution is -2.47. The molecule has 0 heterocycles. The third-order valence-corrected chi connectivity index (χ3v) is 2.52. The van der Waals surface area contributed by atoms with Gasteiger partial charge in [-0.1, -0.05) is 6.07 Å². The number of halogens is 5. The average Bonchev–Trinajstić information content (AvgIpc) is 2.28. The predicted octanol–water partition coefficient (Wildman–Crippen LogP) is 3.15. The van der Waals surface area contributed by atoms with Crippen LogP contribution >= 0.6 is 0 Å². The Morgan fingerprint density at radius 2 is 1.68 bits per heavy atom. The fourth-order valence-electron chi connectivity index (χ4n) is 1.30. The van der Waals surface area contributed by atoms with Crippen molar-refractivity contribution in [2.45, 2.75) is 25.9 Å². The van der Waals surface area contributed by atoms with Crippen LogP contribution in [0.5, 0.6) is 5.75 Å². The van der Waals surface area contributed by atoms with E-state index in [-0.39, 0.29) is 17.0 Å². The maximum absolute atomic E-state index is 12.7. The van der Waals surface area contributed by atoms with Crippen molar-refractivity contribution < 1.29 is 31.9 Å². The minimum Gasteiger partial charge on any atom is -0.507 e. The zero-order valence-electron chi connectivity index (χ0n) is 9.90. The van der Waals surface area contributed by atoms with Gasteiger partial charge in [0, 0.05) is 11.3 Å². The van der Waals surface area contributed by atoms with Gasteiger partial charge in [-0.3, -0.25) is 4.79 Å². The molecule has 0 aromatic heterocycles. The fourth-order valence-corrected chi connectivity index (χ4v) is 1.30. The molecule has 0 aliphatic carbocycles. The molecular formula is C11H10F5NO2. The summed E-state index contributed by atoms with van der Waals surface area (Å²) in [4.78, 5) is 11.0. The molecule has 1 amide bonds. The third-order valence-electron chi connectivity index (χ3n) is 2.52. The predicted molar refractivity (Wildman–Crippen MR) is 57.2 cm³/mol. The summed E-state index contributed by atoms with van der Waals surface area (Å²) in [6.45, 7) is 2.79. The number of anilines is 1. The van der Waals surface area contributed by atoms with Crippen LogP contribution in [0.4, 0.5) is 27.6 Å². The second-order valence-electron chi connectivity index (χ2n) is 3.93. The first kappa shape index (κ1) is 15.2. The quantitative estimate of drug-likeness (QED) is 0.819. The largest absolute Gasteiger partial charge is 0.507 e. The Morgan fingerprint density at radius 1 is 1.16 bits per heavy atom. The van der Waals surface area contributed by atoms with Crippen LogP contribution in [-0.4, -0.2) is 23.1 Å². The molecule has 1 aromatic carbocycles. The van der Waals surface area contributed by atoms with E-state index in [0.29, 0.717) is 5.56 Å². The zero-order chi connectivity index (χ0) is 15.0. The SMILES string of the molecule is Cc1ccc(NC(=O)C(F)(F)C(F)(F)F)c(C)c1O. The molecule has 0 bridgehead atoms. The van der Waals surface area contributed by atoms with Crippen LogP contribution in [0.2, 0.25) is 0 Å². The monoisotopic (exact) mass is 283 g/mol. The number of amides is 1. The number of phenols is 1. The lowest BCUT2D eigenvalue weighted by atomic mass is 10.1. The summed E-state index contributed by atoms with van der Waals surface area (Å²) in [5.74, 6) is -8.28. The van der Waals surface area contributed by atoms with Crippen LogP contribution in [0.3, 0.4) is 0 Å². The summed E-state index contributed by atoms with van der Waals surface area (Å²) in [5, 5.41) is 11.0. The number of rotatable bonds is 2. The minimum atomic E-state index is -5.97. The maximum Gasteiger partial charge on any atom is 0.463 e. The van der Waals surface area contributed by atoms with Crippen molar-refractivity contribution in [1.82, 2.24) is 0 Å². The number of aromatic hydroxyl groups is 1. The Bertz CT molecular complexity index is 511. The molecule has 0 spiro atoms. The van der Waals surface area contributed by atoms with Crippen LogP contribution < -0.4 is 5.32 Å². The van der Waals surface area contributed by atoms with E-state index in [2.05, 4.69) is 0 Å². The Labute approximate surface area is 105 Å². The van der Waals surface area contributed by atoms with Crippen LogP contribution in [0, 0.1) is 13.8 Å². The lowest BCUT2D eigenvalue weighted by Gasteiger charge is -2.19. The first-order chi connectivity index (χ1) is 8.48. The molecule has 8 heteroatoms. The van der Waals surface area contributed by atoms with E-state index in [9.17, 15) is 31.9 Å². The smallest absolute Gasteiger partial charge is 0.463 e. The molecule has 0 aliphatic heterocycles. The topological polar surface area (TPSA) is 49.3 Å². The highest BCUT2D eigenvalue weighted by Crippen LogP contribution is 2.37. The number of hydrogen-bond acceptors (Lipinski definition) is 2. The molecule has 106 valence electrons. The van der Waals surface area contributed by atoms with Crippen molar-refractivity contribution in [3.63, 3.8) is 0 Å². The Kier molecular flexibility index (Phi) is 3.74. The number of carbonyl (C=O) groups is 1. The van der Waals surface area contributed by atoms with Crippen LogP contribution in [0.15, 0.2) is 12.1 Å². The number of carbonyl (C=O) groups excluding carboxylic acids is 1. The van der Waals surface area contributed by atoms with E-state index < -0.39 is 18.0 Å². The Balaban J connectivity index is 3.05. The van der Waals surface area contributed by atoms with Gasteiger partial charge >= 0.3 is 18.0 Å². The number of aryl methyl sites for hydroxylation is 1. The molecule has 0 unspecified atom stereocenters. The van der Waals surface area contributed by atoms with Crippen molar-refractivity contribution in [1.29, 1.82) is 0 Å². The number of alkyl halides is 5. The molecule has 0 saturated carbocycles. The van der Waals surface area contributed by atoms with E-state index in [1.54, 1.807) is 0 Å². The highest BCUT2D eigenvalue weighted by Gasteiger charge is 2.63. The Hall–Kier alpha value is -1.86. The maximum atomic E-state index is 12.7. The van der Waals surface area contributed by atoms with Gasteiger partial charge < -0.3 is 10.4 Å². The van der Waals surface area contributed by atoms with E-state index in [0.717, 1.165) is 6.07 Å². The molecule has 0 saturated heterocycles. The van der Waals surface area contributed by atoms with Crippen molar-refractivity contribution >= 4 is 11.6 Å². The molecule has 1 rings (SSSR count). The second-order valence-corrected chi connectivity index (χ2v) is 3.93. The lowest BCUT2D eigenvalue weighted by molar-refractivity contribution is -0.267. The molecule has 0 fully saturated rings. The van der Waals surface area contributed by atoms with Gasteiger partial charge in [0.2, 0.25) is 0 Å². The van der Waals surface area contributed by atoms with Crippen LogP contribution in [-0.2, 0) is 4.79 Å². The van der Waals surface area contributed by atoms with Crippen molar-refractivity contribution in [3.8, 4) is 5.75 Å². The van der Waals surface area contributed by atoms with Gasteiger partial charge in [-0.2, -0.15) is 22.0 Å². The van der Waals surface area contributed by atoms with Gasteiger partial charge in [0.05, 0.1) is 0 Å². The molecule has 2 N–H and O–H groups in total. The van der Waals surface area contributed by atoms with Gasteiger partial charge in [-0.05, 0) is 25.5 Å². The minimum absolute atomic E-state index is 0.00586. The second kappa shape index (κ2) is 4.67. The standard InChI is InChI=1S/C11H10F5NO2/c1-5-3-4-7(6(2)8(5)18)17-9(19)10(12,13)11(14,15)16/h3-4,18H,1-2H3,(H,17,19). The average molecular weight is 283 g/mol. The van der Waals surface area contributed by atoms with Crippen molar-refractivity contribution in [2.24, 2.45) is 0 Å². The van der Waals surface area contributed by atoms with Crippen molar-refractivity contribution in [3.05, 3.63) is 23.3 Å². The molecule has 0 atom stereocenters. The number of benzene rings is 1. The number of hydrogen-bond donors (Lipinski definition) is 2. The molecule has 3 nitrogen and oxygen atoms in total. The van der Waals surface area contributed by atoms with Crippen LogP contribution in [0.1, 0.15) is 11.1 Å². The highest BCUT2D eigenvalue weighted by atomic mass is 19.4. The molecular weight excluding hydrogens is 273 g/mol. The summed E-state index contributed by atoms with van der Waals surface area (Å²) in [5.41, 5.74) is 0.0985. The van der Waals surface area contributed by atoms with Gasteiger partial charge in [-0.15, -0.1) is 0 Å². The van der Waals surface area contributed by atoms with E-state index in [1.165, 1.54) is 25.2 Å². The van der Waals surface area contributed by atoms with E-state index in [4.69, 9.17) is 0 Å². The van der Waals surface area contributed by atoms with Gasteiger partial charge in [0.1, 0.15) is 5.75 Å². The fraction of sp³-hybridized carbons (Fsp3) is 0.364. The summed E-state index contributed by atoms with van der Waals surface area (Å²) in [6, 6.07) is 2.42. The summed E-state index contributed by atoms with van der Waals surface area (Å²) >= 11 is 0. The Morgan fingerprint density at radius 3 is 2.16 bits per heavy atom. The third kappa shape index (κ3) is 2.77. The normalized spacial score (nSPS) is 12.4. The summed E-state index contributed by atoms with van der Waals surface area (Å²) < 4.78 is 61.4. The van der Waals surface area contributed by atoms with Crippen LogP contribution in [0.25, 0.3) is 0 Å². The van der Waals surface area contributed by atoms with Gasteiger partial charge in [-0.25, -0.2) is 0 Å². The summed E-state index contributed by atoms with van der Waals surface area (Å²) in [7, 11) is 0. The molecule has 1 aromatic rings. The van der Waals surface area contributed by atoms with Crippen molar-refractivity contribution in [2.75, 3.05) is 5.32 Å². The van der Waals surface area contributed by atoms with Gasteiger partial charge in [0.25, 0.3) is 0 Å². The molecule has 0 radical (unpaired) electrons. The highest BCUT2D eigenvalue weighted by molar-refractivity contribution is 5.97. The molecule has 19 heavy (non-hydrogen) atoms. The first-order valence-corrected chi connectivity index (χ1v) is 5.03. The van der Waals surface area contributed by atoms with E-state index >= 15 is 0 Å². The zero-order valence-corrected chi connectivity index (χ0v) is 9.90. The summed E-state index contributed by atoms with van der Waals surface area (Å²) in [6.07, 6.45) is -5.97. The number of nitrogens with one attached hydrogen (secondary N) is 1. The van der Waals surface area contributed by atoms with E-state index in [1.807, 2.05) is 0 Å². The number of phenolic OH excluding ortho intramolecular Hbond substituents is 1. The van der Waals surface area contributed by atoms with Gasteiger partial charge in [0.15, 0.2) is 0 Å². The molecule has 0 aliphatic rings.